The lowest BCUT2D eigenvalue weighted by Crippen LogP contribution is -2.26. The van der Waals surface area contributed by atoms with Gasteiger partial charge in [-0.3, -0.25) is 0 Å². The first-order valence-corrected chi connectivity index (χ1v) is 9.30. The fourth-order valence-electron chi connectivity index (χ4n) is 2.29. The second-order valence-corrected chi connectivity index (χ2v) is 8.82. The minimum Gasteiger partial charge on any atom is -0.313 e. The zero-order valence-corrected chi connectivity index (χ0v) is 13.5. The van der Waals surface area contributed by atoms with Crippen LogP contribution in [0.25, 0.3) is 0 Å². The molecular weight excluding hydrogens is 289 g/mol. The van der Waals surface area contributed by atoms with Crippen LogP contribution in [-0.2, 0) is 9.84 Å². The first-order chi connectivity index (χ1) is 9.88. The summed E-state index contributed by atoms with van der Waals surface area (Å²) in [5.74, 6) is -0.0801. The van der Waals surface area contributed by atoms with Crippen LogP contribution in [0.5, 0.6) is 0 Å². The van der Waals surface area contributed by atoms with E-state index in [1.165, 1.54) is 25.0 Å². The maximum absolute atomic E-state index is 13.4. The molecule has 1 unspecified atom stereocenters. The van der Waals surface area contributed by atoms with Gasteiger partial charge in [0.1, 0.15) is 5.82 Å². The lowest BCUT2D eigenvalue weighted by atomic mass is 9.96. The highest BCUT2D eigenvalue weighted by Gasteiger charge is 2.24. The van der Waals surface area contributed by atoms with Gasteiger partial charge in [-0.2, -0.15) is 0 Å². The molecule has 0 heterocycles. The van der Waals surface area contributed by atoms with E-state index in [2.05, 4.69) is 5.32 Å². The van der Waals surface area contributed by atoms with Gasteiger partial charge in [-0.05, 0) is 56.7 Å². The molecule has 1 aromatic carbocycles. The van der Waals surface area contributed by atoms with Crippen molar-refractivity contribution in [2.45, 2.75) is 50.3 Å². The fourth-order valence-corrected chi connectivity index (χ4v) is 3.37. The molecule has 2 rings (SSSR count). The number of benzene rings is 1. The van der Waals surface area contributed by atoms with Crippen molar-refractivity contribution in [1.29, 1.82) is 0 Å². The number of halogens is 1. The normalized spacial score (nSPS) is 17.1. The Morgan fingerprint density at radius 1 is 1.33 bits per heavy atom. The average Bonchev–Trinajstić information content (AvgIpc) is 3.22. The van der Waals surface area contributed by atoms with Crippen molar-refractivity contribution in [3.63, 3.8) is 0 Å². The van der Waals surface area contributed by atoms with E-state index < -0.39 is 9.84 Å². The Labute approximate surface area is 126 Å². The van der Waals surface area contributed by atoms with Crippen molar-refractivity contribution in [2.75, 3.05) is 12.3 Å². The highest BCUT2D eigenvalue weighted by Crippen LogP contribution is 2.24. The van der Waals surface area contributed by atoms with E-state index in [0.29, 0.717) is 19.0 Å². The number of sulfone groups is 1. The van der Waals surface area contributed by atoms with Crippen molar-refractivity contribution in [3.8, 4) is 0 Å². The molecular formula is C16H24FNO2S. The maximum Gasteiger partial charge on any atom is 0.152 e. The van der Waals surface area contributed by atoms with Crippen LogP contribution >= 0.6 is 0 Å². The van der Waals surface area contributed by atoms with Gasteiger partial charge in [0.05, 0.1) is 11.0 Å². The zero-order chi connectivity index (χ0) is 15.5. The summed E-state index contributed by atoms with van der Waals surface area (Å²) in [6.07, 6.45) is 2.89. The van der Waals surface area contributed by atoms with Crippen molar-refractivity contribution >= 4 is 9.84 Å². The molecule has 0 saturated heterocycles. The average molecular weight is 313 g/mol. The second kappa shape index (κ2) is 6.88. The molecule has 0 aliphatic heterocycles. The standard InChI is InChI=1S/C16H24FNO2S/c1-12(2)21(19,20)9-8-14(11-18-16-6-7-16)13-4-3-5-15(17)10-13/h3-5,10,12,14,16,18H,6-9,11H2,1-2H3. The van der Waals surface area contributed by atoms with Gasteiger partial charge in [0.15, 0.2) is 9.84 Å². The molecule has 3 nitrogen and oxygen atoms in total. The van der Waals surface area contributed by atoms with Crippen molar-refractivity contribution in [1.82, 2.24) is 5.32 Å². The molecule has 21 heavy (non-hydrogen) atoms. The minimum atomic E-state index is -3.06. The van der Waals surface area contributed by atoms with Gasteiger partial charge in [0.25, 0.3) is 0 Å². The van der Waals surface area contributed by atoms with Crippen molar-refractivity contribution < 1.29 is 12.8 Å². The summed E-state index contributed by atoms with van der Waals surface area (Å²) < 4.78 is 37.4. The number of hydrogen-bond acceptors (Lipinski definition) is 3. The van der Waals surface area contributed by atoms with E-state index in [1.807, 2.05) is 6.07 Å². The largest absolute Gasteiger partial charge is 0.313 e. The molecule has 1 atom stereocenters. The van der Waals surface area contributed by atoms with Crippen LogP contribution in [0.1, 0.15) is 44.6 Å². The minimum absolute atomic E-state index is 0.0369. The number of nitrogens with one attached hydrogen (secondary N) is 1. The third-order valence-electron chi connectivity index (χ3n) is 4.02. The molecule has 1 aliphatic rings. The van der Waals surface area contributed by atoms with E-state index in [9.17, 15) is 12.8 Å². The molecule has 0 spiro atoms. The Hall–Kier alpha value is -0.940. The van der Waals surface area contributed by atoms with E-state index in [1.54, 1.807) is 19.9 Å². The Bertz CT molecular complexity index is 567. The Balaban J connectivity index is 2.04. The highest BCUT2D eigenvalue weighted by atomic mass is 32.2. The van der Waals surface area contributed by atoms with Crippen molar-refractivity contribution in [3.05, 3.63) is 35.6 Å². The van der Waals surface area contributed by atoms with Crippen LogP contribution in [0.15, 0.2) is 24.3 Å². The molecule has 0 aromatic heterocycles. The maximum atomic E-state index is 13.4. The molecule has 1 N–H and O–H groups in total. The molecule has 1 aliphatic carbocycles. The van der Waals surface area contributed by atoms with Crippen LogP contribution in [0.2, 0.25) is 0 Å². The summed E-state index contributed by atoms with van der Waals surface area (Å²) in [7, 11) is -3.06. The molecule has 1 saturated carbocycles. The monoisotopic (exact) mass is 313 g/mol. The summed E-state index contributed by atoms with van der Waals surface area (Å²) >= 11 is 0. The molecule has 0 radical (unpaired) electrons. The SMILES string of the molecule is CC(C)S(=O)(=O)CCC(CNC1CC1)c1cccc(F)c1. The second-order valence-electron chi connectivity index (χ2n) is 6.14. The van der Waals surface area contributed by atoms with Crippen LogP contribution < -0.4 is 5.32 Å². The smallest absolute Gasteiger partial charge is 0.152 e. The van der Waals surface area contributed by atoms with Crippen LogP contribution in [-0.4, -0.2) is 32.0 Å². The summed E-state index contributed by atoms with van der Waals surface area (Å²) in [6.45, 7) is 4.12. The summed E-state index contributed by atoms with van der Waals surface area (Å²) in [5, 5.41) is 3.06. The summed E-state index contributed by atoms with van der Waals surface area (Å²) in [4.78, 5) is 0. The molecule has 1 aromatic rings. The Kier molecular flexibility index (Phi) is 5.38. The van der Waals surface area contributed by atoms with Gasteiger partial charge in [-0.1, -0.05) is 12.1 Å². The Morgan fingerprint density at radius 2 is 2.05 bits per heavy atom. The van der Waals surface area contributed by atoms with E-state index in [-0.39, 0.29) is 22.7 Å². The predicted octanol–water partition coefficient (Wildman–Crippen LogP) is 2.87. The third kappa shape index (κ3) is 5.08. The zero-order valence-electron chi connectivity index (χ0n) is 12.7. The molecule has 0 amide bonds. The quantitative estimate of drug-likeness (QED) is 0.803. The lowest BCUT2D eigenvalue weighted by Gasteiger charge is -2.19. The lowest BCUT2D eigenvalue weighted by molar-refractivity contribution is 0.547. The number of hydrogen-bond donors (Lipinski definition) is 1. The summed E-state index contributed by atoms with van der Waals surface area (Å²) in [5.41, 5.74) is 0.877. The fraction of sp³-hybridized carbons (Fsp3) is 0.625. The molecule has 5 heteroatoms. The first kappa shape index (κ1) is 16.4. The van der Waals surface area contributed by atoms with Crippen LogP contribution in [0, 0.1) is 5.82 Å². The predicted molar refractivity (Wildman–Crippen MR) is 83.7 cm³/mol. The molecule has 1 fully saturated rings. The summed E-state index contributed by atoms with van der Waals surface area (Å²) in [6, 6.07) is 7.06. The topological polar surface area (TPSA) is 46.2 Å². The van der Waals surface area contributed by atoms with Gasteiger partial charge in [-0.25, -0.2) is 12.8 Å². The first-order valence-electron chi connectivity index (χ1n) is 7.59. The van der Waals surface area contributed by atoms with Gasteiger partial charge in [0, 0.05) is 12.6 Å². The van der Waals surface area contributed by atoms with Gasteiger partial charge < -0.3 is 5.32 Å². The highest BCUT2D eigenvalue weighted by molar-refractivity contribution is 7.91. The van der Waals surface area contributed by atoms with E-state index >= 15 is 0 Å². The third-order valence-corrected chi connectivity index (χ3v) is 6.26. The number of rotatable bonds is 8. The molecule has 0 bridgehead atoms. The van der Waals surface area contributed by atoms with Gasteiger partial charge in [0.2, 0.25) is 0 Å². The van der Waals surface area contributed by atoms with E-state index in [4.69, 9.17) is 0 Å². The van der Waals surface area contributed by atoms with Crippen LogP contribution in [0.4, 0.5) is 4.39 Å². The van der Waals surface area contributed by atoms with Crippen molar-refractivity contribution in [2.24, 2.45) is 0 Å². The Morgan fingerprint density at radius 3 is 2.62 bits per heavy atom. The van der Waals surface area contributed by atoms with Gasteiger partial charge >= 0.3 is 0 Å². The van der Waals surface area contributed by atoms with E-state index in [0.717, 1.165) is 5.56 Å². The van der Waals surface area contributed by atoms with Crippen LogP contribution in [0.3, 0.4) is 0 Å². The molecule has 118 valence electrons. The van der Waals surface area contributed by atoms with Gasteiger partial charge in [-0.15, -0.1) is 0 Å².